The summed E-state index contributed by atoms with van der Waals surface area (Å²) in [7, 11) is 0. The molecule has 3 rings (SSSR count). The lowest BCUT2D eigenvalue weighted by atomic mass is 10.1. The second kappa shape index (κ2) is 10.2. The van der Waals surface area contributed by atoms with Crippen LogP contribution in [0.15, 0.2) is 42.5 Å². The molecule has 170 valence electrons. The average molecular weight is 451 g/mol. The van der Waals surface area contributed by atoms with E-state index in [0.29, 0.717) is 30.3 Å². The quantitative estimate of drug-likeness (QED) is 0.505. The summed E-state index contributed by atoms with van der Waals surface area (Å²) in [6, 6.07) is 9.17. The van der Waals surface area contributed by atoms with Crippen LogP contribution in [0, 0.1) is 0 Å². The summed E-state index contributed by atoms with van der Waals surface area (Å²) >= 11 is 0. The first-order chi connectivity index (χ1) is 15.2. The number of hydrogen-bond acceptors (Lipinski definition) is 6. The minimum atomic E-state index is -4.64. The van der Waals surface area contributed by atoms with E-state index in [1.54, 1.807) is 18.2 Å². The van der Waals surface area contributed by atoms with Crippen LogP contribution in [-0.4, -0.2) is 37.5 Å². The number of ether oxygens (including phenoxy) is 3. The van der Waals surface area contributed by atoms with Crippen LogP contribution in [0.1, 0.15) is 35.2 Å². The number of Topliss-reactive ketones (excluding diaryl/α,β-unsaturated/α-hetero) is 1. The van der Waals surface area contributed by atoms with Crippen LogP contribution in [0.2, 0.25) is 0 Å². The normalized spacial score (nSPS) is 13.1. The Balaban J connectivity index is 1.47. The summed E-state index contributed by atoms with van der Waals surface area (Å²) in [5.74, 6) is -1.10. The number of alkyl halides is 3. The van der Waals surface area contributed by atoms with E-state index in [4.69, 9.17) is 14.2 Å². The number of para-hydroxylation sites is 1. The van der Waals surface area contributed by atoms with Gasteiger partial charge in [0.05, 0.1) is 30.9 Å². The molecule has 1 aliphatic rings. The highest BCUT2D eigenvalue weighted by Crippen LogP contribution is 2.34. The molecule has 2 aromatic carbocycles. The standard InChI is InChI=1S/C22H20F3NO6/c23-22(24,25)15-4-1-2-5-16(15)26-20(28)13-32-21(29)9-7-17(27)14-6-8-18-19(12-14)31-11-3-10-30-18/h1-2,4-6,8,12H,3,7,9-11,13H2,(H,26,28). The third kappa shape index (κ3) is 6.22. The summed E-state index contributed by atoms with van der Waals surface area (Å²) in [4.78, 5) is 36.1. The Morgan fingerprint density at radius 2 is 1.69 bits per heavy atom. The van der Waals surface area contributed by atoms with Crippen LogP contribution >= 0.6 is 0 Å². The van der Waals surface area contributed by atoms with Gasteiger partial charge in [0.1, 0.15) is 0 Å². The van der Waals surface area contributed by atoms with E-state index < -0.39 is 35.9 Å². The van der Waals surface area contributed by atoms with E-state index in [1.807, 2.05) is 0 Å². The van der Waals surface area contributed by atoms with E-state index in [9.17, 15) is 27.6 Å². The first-order valence-electron chi connectivity index (χ1n) is 9.78. The highest BCUT2D eigenvalue weighted by atomic mass is 19.4. The molecule has 1 N–H and O–H groups in total. The zero-order valence-electron chi connectivity index (χ0n) is 16.9. The second-order valence-electron chi connectivity index (χ2n) is 6.89. The van der Waals surface area contributed by atoms with Gasteiger partial charge in [-0.25, -0.2) is 0 Å². The smallest absolute Gasteiger partial charge is 0.418 e. The van der Waals surface area contributed by atoms with E-state index in [0.717, 1.165) is 18.6 Å². The van der Waals surface area contributed by atoms with Gasteiger partial charge in [0.15, 0.2) is 23.9 Å². The minimum Gasteiger partial charge on any atom is -0.490 e. The molecule has 2 aromatic rings. The number of anilines is 1. The summed E-state index contributed by atoms with van der Waals surface area (Å²) in [5.41, 5.74) is -1.12. The number of amides is 1. The van der Waals surface area contributed by atoms with Gasteiger partial charge >= 0.3 is 12.1 Å². The Bertz CT molecular complexity index is 1010. The molecule has 1 heterocycles. The van der Waals surface area contributed by atoms with Gasteiger partial charge in [-0.1, -0.05) is 12.1 Å². The molecule has 0 atom stereocenters. The molecule has 32 heavy (non-hydrogen) atoms. The van der Waals surface area contributed by atoms with Crippen LogP contribution in [0.4, 0.5) is 18.9 Å². The fourth-order valence-corrected chi connectivity index (χ4v) is 2.94. The molecule has 0 bridgehead atoms. The van der Waals surface area contributed by atoms with E-state index in [1.165, 1.54) is 12.1 Å². The summed E-state index contributed by atoms with van der Waals surface area (Å²) in [5, 5.41) is 2.07. The Labute approximate surface area is 181 Å². The predicted molar refractivity (Wildman–Crippen MR) is 107 cm³/mol. The molecule has 0 saturated carbocycles. The lowest BCUT2D eigenvalue weighted by molar-refractivity contribution is -0.147. The van der Waals surface area contributed by atoms with Crippen LogP contribution in [0.3, 0.4) is 0 Å². The number of fused-ring (bicyclic) bond motifs is 1. The second-order valence-corrected chi connectivity index (χ2v) is 6.89. The maximum Gasteiger partial charge on any atom is 0.418 e. The van der Waals surface area contributed by atoms with E-state index >= 15 is 0 Å². The van der Waals surface area contributed by atoms with Gasteiger partial charge < -0.3 is 19.5 Å². The third-order valence-electron chi connectivity index (χ3n) is 4.50. The number of benzene rings is 2. The fraction of sp³-hybridized carbons (Fsp3) is 0.318. The lowest BCUT2D eigenvalue weighted by Crippen LogP contribution is -2.23. The molecule has 0 aromatic heterocycles. The van der Waals surface area contributed by atoms with Crippen molar-refractivity contribution < 1.29 is 41.8 Å². The number of carbonyl (C=O) groups excluding carboxylic acids is 3. The fourth-order valence-electron chi connectivity index (χ4n) is 2.94. The van der Waals surface area contributed by atoms with Crippen molar-refractivity contribution in [3.8, 4) is 11.5 Å². The molecule has 0 saturated heterocycles. The number of ketones is 1. The molecule has 1 amide bonds. The molecular formula is C22H20F3NO6. The minimum absolute atomic E-state index is 0.170. The molecule has 0 unspecified atom stereocenters. The molecule has 0 radical (unpaired) electrons. The molecular weight excluding hydrogens is 431 g/mol. The molecule has 0 aliphatic carbocycles. The van der Waals surface area contributed by atoms with Crippen LogP contribution in [0.5, 0.6) is 11.5 Å². The molecule has 10 heteroatoms. The van der Waals surface area contributed by atoms with Gasteiger partial charge in [-0.05, 0) is 30.3 Å². The Kier molecular flexibility index (Phi) is 7.34. The first kappa shape index (κ1) is 23.1. The molecule has 0 fully saturated rings. The topological polar surface area (TPSA) is 90.9 Å². The van der Waals surface area contributed by atoms with Crippen LogP contribution < -0.4 is 14.8 Å². The molecule has 7 nitrogen and oxygen atoms in total. The zero-order valence-corrected chi connectivity index (χ0v) is 16.9. The van der Waals surface area contributed by atoms with E-state index in [2.05, 4.69) is 5.32 Å². The zero-order chi connectivity index (χ0) is 23.1. The largest absolute Gasteiger partial charge is 0.490 e. The van der Waals surface area contributed by atoms with Crippen molar-refractivity contribution in [2.24, 2.45) is 0 Å². The first-order valence-corrected chi connectivity index (χ1v) is 9.78. The Morgan fingerprint density at radius 3 is 2.44 bits per heavy atom. The van der Waals surface area contributed by atoms with Gasteiger partial charge in [-0.3, -0.25) is 14.4 Å². The van der Waals surface area contributed by atoms with Gasteiger partial charge in [0, 0.05) is 18.4 Å². The van der Waals surface area contributed by atoms with Crippen molar-refractivity contribution in [1.82, 2.24) is 0 Å². The number of esters is 1. The van der Waals surface area contributed by atoms with Crippen molar-refractivity contribution >= 4 is 23.3 Å². The number of rotatable bonds is 7. The summed E-state index contributed by atoms with van der Waals surface area (Å²) < 4.78 is 54.7. The van der Waals surface area contributed by atoms with Gasteiger partial charge in [0.2, 0.25) is 0 Å². The average Bonchev–Trinajstić information content (AvgIpc) is 3.00. The number of nitrogens with one attached hydrogen (secondary N) is 1. The van der Waals surface area contributed by atoms with Crippen molar-refractivity contribution in [3.63, 3.8) is 0 Å². The van der Waals surface area contributed by atoms with Crippen LogP contribution in [0.25, 0.3) is 0 Å². The third-order valence-corrected chi connectivity index (χ3v) is 4.50. The Hall–Kier alpha value is -3.56. The van der Waals surface area contributed by atoms with E-state index in [-0.39, 0.29) is 18.6 Å². The highest BCUT2D eigenvalue weighted by molar-refractivity contribution is 5.98. The highest BCUT2D eigenvalue weighted by Gasteiger charge is 2.33. The number of halogens is 3. The molecule has 1 aliphatic heterocycles. The van der Waals surface area contributed by atoms with Crippen molar-refractivity contribution in [3.05, 3.63) is 53.6 Å². The number of carbonyl (C=O) groups is 3. The van der Waals surface area contributed by atoms with Gasteiger partial charge in [-0.15, -0.1) is 0 Å². The monoisotopic (exact) mass is 451 g/mol. The Morgan fingerprint density at radius 1 is 0.969 bits per heavy atom. The predicted octanol–water partition coefficient (Wildman–Crippen LogP) is 4.01. The van der Waals surface area contributed by atoms with Crippen molar-refractivity contribution in [2.75, 3.05) is 25.1 Å². The SMILES string of the molecule is O=C(COC(=O)CCC(=O)c1ccc2c(c1)OCCCO2)Nc1ccccc1C(F)(F)F. The van der Waals surface area contributed by atoms with Gasteiger partial charge in [0.25, 0.3) is 5.91 Å². The van der Waals surface area contributed by atoms with Gasteiger partial charge in [-0.2, -0.15) is 13.2 Å². The lowest BCUT2D eigenvalue weighted by Gasteiger charge is -2.13. The molecule has 0 spiro atoms. The number of hydrogen-bond donors (Lipinski definition) is 1. The van der Waals surface area contributed by atoms with Crippen molar-refractivity contribution in [1.29, 1.82) is 0 Å². The summed E-state index contributed by atoms with van der Waals surface area (Å²) in [6.07, 6.45) is -4.39. The summed E-state index contributed by atoms with van der Waals surface area (Å²) in [6.45, 7) is 0.206. The maximum atomic E-state index is 13.0. The van der Waals surface area contributed by atoms with Crippen molar-refractivity contribution in [2.45, 2.75) is 25.4 Å². The van der Waals surface area contributed by atoms with Crippen LogP contribution in [-0.2, 0) is 20.5 Å². The maximum absolute atomic E-state index is 13.0.